The standard InChI is InChI=1S/C14H21FN2O2S/c1-3-8-17(2)20(18,19)14-7-4-11(9-13(14)15)10-16-12-5-6-12/h4,7,9,12,16H,3,5-6,8,10H2,1-2H3. The van der Waals surface area contributed by atoms with Crippen LogP contribution in [-0.2, 0) is 16.6 Å². The fourth-order valence-corrected chi connectivity index (χ4v) is 3.32. The van der Waals surface area contributed by atoms with E-state index in [0.717, 1.165) is 18.4 Å². The molecule has 0 aliphatic heterocycles. The lowest BCUT2D eigenvalue weighted by molar-refractivity contribution is 0.461. The van der Waals surface area contributed by atoms with E-state index >= 15 is 0 Å². The van der Waals surface area contributed by atoms with Crippen molar-refractivity contribution in [3.05, 3.63) is 29.6 Å². The highest BCUT2D eigenvalue weighted by Crippen LogP contribution is 2.22. The molecule has 0 amide bonds. The Morgan fingerprint density at radius 1 is 1.40 bits per heavy atom. The third-order valence-corrected chi connectivity index (χ3v) is 5.29. The summed E-state index contributed by atoms with van der Waals surface area (Å²) in [6, 6.07) is 4.88. The van der Waals surface area contributed by atoms with Gasteiger partial charge in [-0.2, -0.15) is 0 Å². The second-order valence-electron chi connectivity index (χ2n) is 5.25. The first-order valence-corrected chi connectivity index (χ1v) is 8.37. The molecule has 1 aliphatic carbocycles. The van der Waals surface area contributed by atoms with Gasteiger partial charge in [-0.15, -0.1) is 0 Å². The number of nitrogens with one attached hydrogen (secondary N) is 1. The second kappa shape index (κ2) is 6.20. The normalized spacial score (nSPS) is 15.8. The maximum atomic E-state index is 14.1. The smallest absolute Gasteiger partial charge is 0.245 e. The van der Waals surface area contributed by atoms with E-state index in [9.17, 15) is 12.8 Å². The lowest BCUT2D eigenvalue weighted by Gasteiger charge is -2.17. The first kappa shape index (κ1) is 15.4. The molecule has 0 saturated heterocycles. The minimum atomic E-state index is -3.73. The summed E-state index contributed by atoms with van der Waals surface area (Å²) in [4.78, 5) is -0.247. The molecule has 1 fully saturated rings. The van der Waals surface area contributed by atoms with Gasteiger partial charge < -0.3 is 5.32 Å². The molecule has 1 aliphatic rings. The van der Waals surface area contributed by atoms with Crippen LogP contribution in [0.2, 0.25) is 0 Å². The molecule has 0 unspecified atom stereocenters. The van der Waals surface area contributed by atoms with Gasteiger partial charge in [0, 0.05) is 26.2 Å². The van der Waals surface area contributed by atoms with E-state index in [4.69, 9.17) is 0 Å². The Labute approximate surface area is 120 Å². The molecule has 0 spiro atoms. The molecule has 1 N–H and O–H groups in total. The van der Waals surface area contributed by atoms with Crippen molar-refractivity contribution >= 4 is 10.0 Å². The van der Waals surface area contributed by atoms with Gasteiger partial charge in [-0.25, -0.2) is 17.1 Å². The van der Waals surface area contributed by atoms with Crippen molar-refractivity contribution < 1.29 is 12.8 Å². The summed E-state index contributed by atoms with van der Waals surface area (Å²) in [7, 11) is -2.26. The monoisotopic (exact) mass is 300 g/mol. The van der Waals surface area contributed by atoms with Crippen LogP contribution in [0.25, 0.3) is 0 Å². The van der Waals surface area contributed by atoms with E-state index < -0.39 is 15.8 Å². The Hall–Kier alpha value is -0.980. The summed E-state index contributed by atoms with van der Waals surface area (Å²) in [5.41, 5.74) is 0.770. The highest BCUT2D eigenvalue weighted by atomic mass is 32.2. The van der Waals surface area contributed by atoms with Crippen LogP contribution in [0.3, 0.4) is 0 Å². The zero-order valence-corrected chi connectivity index (χ0v) is 12.7. The molecule has 1 saturated carbocycles. The van der Waals surface area contributed by atoms with Crippen LogP contribution in [0.15, 0.2) is 23.1 Å². The summed E-state index contributed by atoms with van der Waals surface area (Å²) < 4.78 is 39.6. The van der Waals surface area contributed by atoms with E-state index in [0.29, 0.717) is 25.6 Å². The quantitative estimate of drug-likeness (QED) is 0.839. The van der Waals surface area contributed by atoms with Crippen LogP contribution in [0, 0.1) is 5.82 Å². The zero-order chi connectivity index (χ0) is 14.8. The largest absolute Gasteiger partial charge is 0.310 e. The van der Waals surface area contributed by atoms with Crippen LogP contribution in [0.4, 0.5) is 4.39 Å². The average Bonchev–Trinajstić information content (AvgIpc) is 3.20. The van der Waals surface area contributed by atoms with Crippen molar-refractivity contribution in [2.75, 3.05) is 13.6 Å². The fraction of sp³-hybridized carbons (Fsp3) is 0.571. The SMILES string of the molecule is CCCN(C)S(=O)(=O)c1ccc(CNC2CC2)cc1F. The topological polar surface area (TPSA) is 49.4 Å². The summed E-state index contributed by atoms with van der Waals surface area (Å²) >= 11 is 0. The zero-order valence-electron chi connectivity index (χ0n) is 11.9. The molecule has 0 aromatic heterocycles. The van der Waals surface area contributed by atoms with Crippen LogP contribution < -0.4 is 5.32 Å². The summed E-state index contributed by atoms with van der Waals surface area (Å²) in [5, 5.41) is 3.27. The van der Waals surface area contributed by atoms with Crippen LogP contribution in [0.1, 0.15) is 31.7 Å². The molecule has 4 nitrogen and oxygen atoms in total. The lowest BCUT2D eigenvalue weighted by Crippen LogP contribution is -2.28. The minimum Gasteiger partial charge on any atom is -0.310 e. The van der Waals surface area contributed by atoms with E-state index in [1.54, 1.807) is 6.07 Å². The predicted molar refractivity (Wildman–Crippen MR) is 76.4 cm³/mol. The van der Waals surface area contributed by atoms with Gasteiger partial charge in [0.2, 0.25) is 10.0 Å². The Kier molecular flexibility index (Phi) is 4.78. The van der Waals surface area contributed by atoms with Gasteiger partial charge in [-0.05, 0) is 37.0 Å². The maximum absolute atomic E-state index is 14.1. The Balaban J connectivity index is 2.15. The lowest BCUT2D eigenvalue weighted by atomic mass is 10.2. The fourth-order valence-electron chi connectivity index (χ4n) is 2.02. The van der Waals surface area contributed by atoms with Crippen molar-refractivity contribution in [1.82, 2.24) is 9.62 Å². The van der Waals surface area contributed by atoms with Crippen molar-refractivity contribution in [2.45, 2.75) is 43.7 Å². The van der Waals surface area contributed by atoms with Gasteiger partial charge in [0.1, 0.15) is 10.7 Å². The molecular formula is C14H21FN2O2S. The molecule has 6 heteroatoms. The van der Waals surface area contributed by atoms with E-state index in [-0.39, 0.29) is 4.90 Å². The second-order valence-corrected chi connectivity index (χ2v) is 7.26. The Bertz CT molecular complexity index is 571. The number of hydrogen-bond donors (Lipinski definition) is 1. The summed E-state index contributed by atoms with van der Waals surface area (Å²) in [6.07, 6.45) is 3.02. The minimum absolute atomic E-state index is 0.247. The van der Waals surface area contributed by atoms with Gasteiger partial charge in [-0.1, -0.05) is 13.0 Å². The molecule has 0 heterocycles. The van der Waals surface area contributed by atoms with E-state index in [2.05, 4.69) is 5.32 Å². The van der Waals surface area contributed by atoms with Gasteiger partial charge in [-0.3, -0.25) is 0 Å². The molecule has 0 radical (unpaired) electrons. The predicted octanol–water partition coefficient (Wildman–Crippen LogP) is 2.11. The van der Waals surface area contributed by atoms with Gasteiger partial charge in [0.25, 0.3) is 0 Å². The molecule has 0 atom stereocenters. The average molecular weight is 300 g/mol. The summed E-state index contributed by atoms with van der Waals surface area (Å²) in [5.74, 6) is -0.678. The Morgan fingerprint density at radius 2 is 2.10 bits per heavy atom. The van der Waals surface area contributed by atoms with Crippen LogP contribution in [0.5, 0.6) is 0 Å². The van der Waals surface area contributed by atoms with Crippen molar-refractivity contribution in [3.63, 3.8) is 0 Å². The Morgan fingerprint density at radius 3 is 2.65 bits per heavy atom. The third-order valence-electron chi connectivity index (χ3n) is 3.40. The molecular weight excluding hydrogens is 279 g/mol. The van der Waals surface area contributed by atoms with Gasteiger partial charge in [0.15, 0.2) is 0 Å². The molecule has 0 bridgehead atoms. The first-order chi connectivity index (χ1) is 9.45. The highest BCUT2D eigenvalue weighted by molar-refractivity contribution is 7.89. The molecule has 1 aromatic carbocycles. The molecule has 112 valence electrons. The van der Waals surface area contributed by atoms with E-state index in [1.807, 2.05) is 6.92 Å². The molecule has 20 heavy (non-hydrogen) atoms. The number of halogens is 1. The third kappa shape index (κ3) is 3.56. The molecule has 2 rings (SSSR count). The number of sulfonamides is 1. The van der Waals surface area contributed by atoms with Crippen molar-refractivity contribution in [1.29, 1.82) is 0 Å². The summed E-state index contributed by atoms with van der Waals surface area (Å²) in [6.45, 7) is 2.84. The highest BCUT2D eigenvalue weighted by Gasteiger charge is 2.24. The maximum Gasteiger partial charge on any atom is 0.245 e. The van der Waals surface area contributed by atoms with Gasteiger partial charge in [0.05, 0.1) is 0 Å². The number of nitrogens with zero attached hydrogens (tertiary/aromatic N) is 1. The van der Waals surface area contributed by atoms with Crippen LogP contribution >= 0.6 is 0 Å². The number of benzene rings is 1. The number of rotatable bonds is 7. The van der Waals surface area contributed by atoms with Gasteiger partial charge >= 0.3 is 0 Å². The molecule has 1 aromatic rings. The van der Waals surface area contributed by atoms with Crippen molar-refractivity contribution in [2.24, 2.45) is 0 Å². The van der Waals surface area contributed by atoms with Crippen molar-refractivity contribution in [3.8, 4) is 0 Å². The van der Waals surface area contributed by atoms with E-state index in [1.165, 1.54) is 23.5 Å². The first-order valence-electron chi connectivity index (χ1n) is 6.93. The number of hydrogen-bond acceptors (Lipinski definition) is 3. The van der Waals surface area contributed by atoms with Crippen LogP contribution in [-0.4, -0.2) is 32.4 Å².